The maximum absolute atomic E-state index is 11.1. The van der Waals surface area contributed by atoms with Gasteiger partial charge in [-0.1, -0.05) is 34.1 Å². The normalized spacial score (nSPS) is 14.9. The summed E-state index contributed by atoms with van der Waals surface area (Å²) in [6, 6.07) is 0. The van der Waals surface area contributed by atoms with Crippen molar-refractivity contribution in [2.75, 3.05) is 0 Å². The van der Waals surface area contributed by atoms with Gasteiger partial charge < -0.3 is 5.32 Å². The van der Waals surface area contributed by atoms with Gasteiger partial charge in [-0.3, -0.25) is 4.79 Å². The van der Waals surface area contributed by atoms with Crippen LogP contribution in [0.25, 0.3) is 0 Å². The minimum Gasteiger partial charge on any atom is -0.351 e. The van der Waals surface area contributed by atoms with Gasteiger partial charge in [0.1, 0.15) is 0 Å². The van der Waals surface area contributed by atoms with Crippen molar-refractivity contribution in [3.63, 3.8) is 0 Å². The third-order valence-corrected chi connectivity index (χ3v) is 3.36. The molecule has 0 saturated carbocycles. The summed E-state index contributed by atoms with van der Waals surface area (Å²) in [4.78, 5) is 11.1. The van der Waals surface area contributed by atoms with Gasteiger partial charge in [-0.2, -0.15) is 0 Å². The standard InChI is InChI=1S/C13H27NO/c1-8-10(2)12(4,5)9-13(6,7)14-11(3)15/h10H,8-9H2,1-7H3,(H,14,15). The van der Waals surface area contributed by atoms with Crippen molar-refractivity contribution in [2.45, 2.75) is 66.8 Å². The van der Waals surface area contributed by atoms with E-state index in [9.17, 15) is 4.79 Å². The average Bonchev–Trinajstić information content (AvgIpc) is 1.97. The topological polar surface area (TPSA) is 29.1 Å². The first-order chi connectivity index (χ1) is 6.60. The Morgan fingerprint density at radius 1 is 1.27 bits per heavy atom. The summed E-state index contributed by atoms with van der Waals surface area (Å²) in [5, 5.41) is 3.02. The second kappa shape index (κ2) is 5.00. The van der Waals surface area contributed by atoms with Gasteiger partial charge in [0.05, 0.1) is 0 Å². The molecule has 0 aromatic carbocycles. The molecule has 0 fully saturated rings. The van der Waals surface area contributed by atoms with Crippen LogP contribution in [0.3, 0.4) is 0 Å². The first kappa shape index (κ1) is 14.5. The third-order valence-electron chi connectivity index (χ3n) is 3.36. The molecule has 15 heavy (non-hydrogen) atoms. The first-order valence-corrected chi connectivity index (χ1v) is 5.89. The monoisotopic (exact) mass is 213 g/mol. The van der Waals surface area contributed by atoms with Crippen LogP contribution >= 0.6 is 0 Å². The molecule has 0 aliphatic heterocycles. The Balaban J connectivity index is 4.49. The van der Waals surface area contributed by atoms with E-state index in [0.29, 0.717) is 5.92 Å². The Kier molecular flexibility index (Phi) is 4.82. The minimum atomic E-state index is -0.112. The van der Waals surface area contributed by atoms with Gasteiger partial charge in [0.2, 0.25) is 5.91 Å². The van der Waals surface area contributed by atoms with E-state index in [4.69, 9.17) is 0 Å². The van der Waals surface area contributed by atoms with Crippen LogP contribution in [0.4, 0.5) is 0 Å². The number of amides is 1. The molecule has 0 aromatic rings. The molecule has 0 aliphatic carbocycles. The molecule has 0 aliphatic rings. The van der Waals surface area contributed by atoms with E-state index >= 15 is 0 Å². The van der Waals surface area contributed by atoms with Gasteiger partial charge in [-0.25, -0.2) is 0 Å². The first-order valence-electron chi connectivity index (χ1n) is 5.89. The molecule has 0 spiro atoms. The lowest BCUT2D eigenvalue weighted by atomic mass is 9.71. The van der Waals surface area contributed by atoms with Crippen LogP contribution in [0.15, 0.2) is 0 Å². The van der Waals surface area contributed by atoms with Crippen LogP contribution in [0.5, 0.6) is 0 Å². The molecule has 0 heterocycles. The molecule has 1 N–H and O–H groups in total. The molecular weight excluding hydrogens is 186 g/mol. The summed E-state index contributed by atoms with van der Waals surface area (Å²) in [7, 11) is 0. The highest BCUT2D eigenvalue weighted by Crippen LogP contribution is 2.36. The molecule has 2 heteroatoms. The summed E-state index contributed by atoms with van der Waals surface area (Å²) in [5.41, 5.74) is 0.152. The molecule has 2 nitrogen and oxygen atoms in total. The average molecular weight is 213 g/mol. The van der Waals surface area contributed by atoms with Gasteiger partial charge in [0.25, 0.3) is 0 Å². The van der Waals surface area contributed by atoms with Crippen LogP contribution in [0.2, 0.25) is 0 Å². The van der Waals surface area contributed by atoms with Crippen molar-refractivity contribution in [3.8, 4) is 0 Å². The lowest BCUT2D eigenvalue weighted by Gasteiger charge is -2.39. The van der Waals surface area contributed by atoms with Crippen molar-refractivity contribution in [1.29, 1.82) is 0 Å². The molecule has 90 valence electrons. The van der Waals surface area contributed by atoms with Crippen molar-refractivity contribution < 1.29 is 4.79 Å². The Morgan fingerprint density at radius 2 is 1.73 bits per heavy atom. The second-order valence-electron chi connectivity index (χ2n) is 6.04. The predicted octanol–water partition coefficient (Wildman–Crippen LogP) is 3.36. The Labute approximate surface area is 94.8 Å². The largest absolute Gasteiger partial charge is 0.351 e. The fraction of sp³-hybridized carbons (Fsp3) is 0.923. The van der Waals surface area contributed by atoms with Crippen LogP contribution in [0, 0.1) is 11.3 Å². The Bertz CT molecular complexity index is 219. The van der Waals surface area contributed by atoms with Gasteiger partial charge in [0, 0.05) is 12.5 Å². The molecule has 0 saturated heterocycles. The number of carbonyl (C=O) groups is 1. The fourth-order valence-electron chi connectivity index (χ4n) is 2.39. The van der Waals surface area contributed by atoms with E-state index in [-0.39, 0.29) is 16.9 Å². The number of nitrogens with one attached hydrogen (secondary N) is 1. The number of hydrogen-bond acceptors (Lipinski definition) is 1. The molecule has 0 aromatic heterocycles. The van der Waals surface area contributed by atoms with E-state index in [1.54, 1.807) is 6.92 Å². The molecule has 1 unspecified atom stereocenters. The predicted molar refractivity (Wildman–Crippen MR) is 65.7 cm³/mol. The number of hydrogen-bond donors (Lipinski definition) is 1. The van der Waals surface area contributed by atoms with Gasteiger partial charge in [0.15, 0.2) is 0 Å². The Morgan fingerprint density at radius 3 is 2.07 bits per heavy atom. The van der Waals surface area contributed by atoms with Crippen molar-refractivity contribution in [1.82, 2.24) is 5.32 Å². The van der Waals surface area contributed by atoms with E-state index < -0.39 is 0 Å². The van der Waals surface area contributed by atoms with Crippen LogP contribution in [-0.2, 0) is 4.79 Å². The quantitative estimate of drug-likeness (QED) is 0.745. The van der Waals surface area contributed by atoms with E-state index in [1.165, 1.54) is 6.42 Å². The molecule has 1 amide bonds. The summed E-state index contributed by atoms with van der Waals surface area (Å²) in [5.74, 6) is 0.727. The van der Waals surface area contributed by atoms with Gasteiger partial charge in [-0.05, 0) is 31.6 Å². The fourth-order valence-corrected chi connectivity index (χ4v) is 2.39. The molecule has 0 bridgehead atoms. The summed E-state index contributed by atoms with van der Waals surface area (Å²) >= 11 is 0. The molecule has 0 rings (SSSR count). The molecule has 0 radical (unpaired) electrons. The van der Waals surface area contributed by atoms with Gasteiger partial charge in [-0.15, -0.1) is 0 Å². The highest BCUT2D eigenvalue weighted by Gasteiger charge is 2.32. The number of carbonyl (C=O) groups excluding carboxylic acids is 1. The zero-order valence-electron chi connectivity index (χ0n) is 11.4. The van der Waals surface area contributed by atoms with Gasteiger partial charge >= 0.3 is 0 Å². The lowest BCUT2D eigenvalue weighted by molar-refractivity contribution is -0.120. The van der Waals surface area contributed by atoms with E-state index in [0.717, 1.165) is 6.42 Å². The molecule has 1 atom stereocenters. The second-order valence-corrected chi connectivity index (χ2v) is 6.04. The summed E-state index contributed by atoms with van der Waals surface area (Å²) < 4.78 is 0. The minimum absolute atomic E-state index is 0.0555. The third kappa shape index (κ3) is 5.19. The highest BCUT2D eigenvalue weighted by molar-refractivity contribution is 5.73. The van der Waals surface area contributed by atoms with Crippen molar-refractivity contribution in [2.24, 2.45) is 11.3 Å². The van der Waals surface area contributed by atoms with Crippen molar-refractivity contribution >= 4 is 5.91 Å². The number of rotatable bonds is 5. The summed E-state index contributed by atoms with van der Waals surface area (Å²) in [6.45, 7) is 14.8. The molecular formula is C13H27NO. The van der Waals surface area contributed by atoms with Crippen LogP contribution in [0.1, 0.15) is 61.3 Å². The van der Waals surface area contributed by atoms with E-state index in [1.807, 2.05) is 0 Å². The SMILES string of the molecule is CCC(C)C(C)(C)CC(C)(C)NC(C)=O. The van der Waals surface area contributed by atoms with Crippen molar-refractivity contribution in [3.05, 3.63) is 0 Å². The van der Waals surface area contributed by atoms with Crippen LogP contribution < -0.4 is 5.32 Å². The maximum Gasteiger partial charge on any atom is 0.217 e. The smallest absolute Gasteiger partial charge is 0.217 e. The summed E-state index contributed by atoms with van der Waals surface area (Å²) in [6.07, 6.45) is 2.19. The lowest BCUT2D eigenvalue weighted by Crippen LogP contribution is -2.46. The zero-order valence-corrected chi connectivity index (χ0v) is 11.4. The van der Waals surface area contributed by atoms with Crippen LogP contribution in [-0.4, -0.2) is 11.4 Å². The maximum atomic E-state index is 11.1. The Hall–Kier alpha value is -0.530. The van der Waals surface area contributed by atoms with E-state index in [2.05, 4.69) is 46.9 Å². The zero-order chi connectivity index (χ0) is 12.3. The highest BCUT2D eigenvalue weighted by atomic mass is 16.1.